The summed E-state index contributed by atoms with van der Waals surface area (Å²) in [6.45, 7) is 1.92. The Morgan fingerprint density at radius 3 is 2.40 bits per heavy atom. The molecular weight excluding hydrogens is 212 g/mol. The molecule has 0 saturated carbocycles. The van der Waals surface area contributed by atoms with E-state index in [4.69, 9.17) is 11.6 Å². The molecular formula is C12H17ClO2. The summed E-state index contributed by atoms with van der Waals surface area (Å²) in [5, 5.41) is 19.5. The lowest BCUT2D eigenvalue weighted by Gasteiger charge is -2.30. The van der Waals surface area contributed by atoms with Crippen molar-refractivity contribution in [3.63, 3.8) is 0 Å². The van der Waals surface area contributed by atoms with Gasteiger partial charge in [-0.15, -0.1) is 0 Å². The van der Waals surface area contributed by atoms with Crippen molar-refractivity contribution in [2.75, 3.05) is 13.2 Å². The third kappa shape index (κ3) is 2.71. The summed E-state index contributed by atoms with van der Waals surface area (Å²) >= 11 is 5.90. The number of hydrogen-bond donors (Lipinski definition) is 2. The van der Waals surface area contributed by atoms with Crippen molar-refractivity contribution in [3.05, 3.63) is 34.9 Å². The molecule has 0 fully saturated rings. The van der Waals surface area contributed by atoms with Gasteiger partial charge in [-0.3, -0.25) is 0 Å². The van der Waals surface area contributed by atoms with Crippen molar-refractivity contribution in [1.29, 1.82) is 0 Å². The van der Waals surface area contributed by atoms with Crippen LogP contribution in [0.2, 0.25) is 5.02 Å². The van der Waals surface area contributed by atoms with Crippen LogP contribution in [0.1, 0.15) is 25.3 Å². The van der Waals surface area contributed by atoms with Crippen molar-refractivity contribution in [1.82, 2.24) is 0 Å². The smallest absolute Gasteiger partial charge is 0.0550 e. The van der Waals surface area contributed by atoms with E-state index in [0.717, 1.165) is 18.4 Å². The van der Waals surface area contributed by atoms with E-state index in [1.54, 1.807) is 6.07 Å². The molecule has 0 amide bonds. The highest BCUT2D eigenvalue weighted by Crippen LogP contribution is 2.30. The Morgan fingerprint density at radius 2 is 1.93 bits per heavy atom. The van der Waals surface area contributed by atoms with Crippen LogP contribution in [0.4, 0.5) is 0 Å². The Hall–Kier alpha value is -0.570. The molecule has 0 radical (unpaired) electrons. The molecule has 2 N–H and O–H groups in total. The summed E-state index contributed by atoms with van der Waals surface area (Å²) in [7, 11) is 0. The zero-order valence-corrected chi connectivity index (χ0v) is 9.67. The molecule has 0 atom stereocenters. The van der Waals surface area contributed by atoms with Gasteiger partial charge in [0.2, 0.25) is 0 Å². The van der Waals surface area contributed by atoms with Gasteiger partial charge >= 0.3 is 0 Å². The van der Waals surface area contributed by atoms with E-state index < -0.39 is 5.41 Å². The summed E-state index contributed by atoms with van der Waals surface area (Å²) < 4.78 is 0. The van der Waals surface area contributed by atoms with Gasteiger partial charge in [0.15, 0.2) is 0 Å². The zero-order chi connectivity index (χ0) is 11.3. The average molecular weight is 229 g/mol. The summed E-state index contributed by atoms with van der Waals surface area (Å²) in [5.74, 6) is 0. The first-order chi connectivity index (χ1) is 7.18. The van der Waals surface area contributed by atoms with E-state index in [9.17, 15) is 10.2 Å². The molecule has 15 heavy (non-hydrogen) atoms. The minimum atomic E-state index is -0.556. The predicted octanol–water partition coefficient (Wildman–Crippen LogP) is 2.36. The standard InChI is InChI=1S/C12H17ClO2/c1-2-6-12(8-14,9-15)10-4-3-5-11(13)7-10/h3-5,7,14-15H,2,6,8-9H2,1H3. The molecule has 0 spiro atoms. The number of halogens is 1. The molecule has 1 aromatic carbocycles. The highest BCUT2D eigenvalue weighted by atomic mass is 35.5. The van der Waals surface area contributed by atoms with Crippen molar-refractivity contribution in [3.8, 4) is 0 Å². The highest BCUT2D eigenvalue weighted by molar-refractivity contribution is 6.30. The predicted molar refractivity (Wildman–Crippen MR) is 62.2 cm³/mol. The number of aliphatic hydroxyl groups is 2. The van der Waals surface area contributed by atoms with Crippen LogP contribution in [0, 0.1) is 0 Å². The number of aliphatic hydroxyl groups excluding tert-OH is 2. The lowest BCUT2D eigenvalue weighted by Crippen LogP contribution is -2.34. The normalized spacial score (nSPS) is 11.7. The molecule has 2 nitrogen and oxygen atoms in total. The van der Waals surface area contributed by atoms with Crippen LogP contribution in [0.25, 0.3) is 0 Å². The molecule has 3 heteroatoms. The van der Waals surface area contributed by atoms with E-state index in [-0.39, 0.29) is 13.2 Å². The van der Waals surface area contributed by atoms with Crippen LogP contribution < -0.4 is 0 Å². The Kier molecular flexibility index (Phi) is 4.58. The Balaban J connectivity index is 3.07. The molecule has 0 aliphatic heterocycles. The fourth-order valence-corrected chi connectivity index (χ4v) is 2.02. The van der Waals surface area contributed by atoms with Crippen LogP contribution in [0.15, 0.2) is 24.3 Å². The Bertz CT molecular complexity index is 308. The Morgan fingerprint density at radius 1 is 1.27 bits per heavy atom. The second-order valence-corrected chi connectivity index (χ2v) is 4.29. The maximum Gasteiger partial charge on any atom is 0.0550 e. The van der Waals surface area contributed by atoms with Gasteiger partial charge in [0.25, 0.3) is 0 Å². The van der Waals surface area contributed by atoms with E-state index in [0.29, 0.717) is 5.02 Å². The molecule has 0 aromatic heterocycles. The molecule has 0 heterocycles. The van der Waals surface area contributed by atoms with E-state index >= 15 is 0 Å². The van der Waals surface area contributed by atoms with E-state index in [1.165, 1.54) is 0 Å². The topological polar surface area (TPSA) is 40.5 Å². The lowest BCUT2D eigenvalue weighted by molar-refractivity contribution is 0.109. The molecule has 1 aromatic rings. The van der Waals surface area contributed by atoms with Crippen LogP contribution in [0.3, 0.4) is 0 Å². The van der Waals surface area contributed by atoms with Crippen molar-refractivity contribution >= 4 is 11.6 Å². The molecule has 0 saturated heterocycles. The van der Waals surface area contributed by atoms with Crippen LogP contribution in [-0.4, -0.2) is 23.4 Å². The van der Waals surface area contributed by atoms with Crippen molar-refractivity contribution in [2.45, 2.75) is 25.2 Å². The monoisotopic (exact) mass is 228 g/mol. The number of rotatable bonds is 5. The minimum Gasteiger partial charge on any atom is -0.395 e. The first kappa shape index (κ1) is 12.5. The zero-order valence-electron chi connectivity index (χ0n) is 8.91. The fraction of sp³-hybridized carbons (Fsp3) is 0.500. The third-order valence-electron chi connectivity index (χ3n) is 2.77. The van der Waals surface area contributed by atoms with Crippen LogP contribution in [0.5, 0.6) is 0 Å². The molecule has 0 bridgehead atoms. The molecule has 84 valence electrons. The lowest BCUT2D eigenvalue weighted by atomic mass is 9.78. The van der Waals surface area contributed by atoms with Gasteiger partial charge in [0.1, 0.15) is 0 Å². The van der Waals surface area contributed by atoms with Crippen LogP contribution in [-0.2, 0) is 5.41 Å². The van der Waals surface area contributed by atoms with E-state index in [1.807, 2.05) is 25.1 Å². The molecule has 0 aliphatic rings. The summed E-state index contributed by atoms with van der Waals surface area (Å²) in [5.41, 5.74) is 0.349. The number of hydrogen-bond acceptors (Lipinski definition) is 2. The average Bonchev–Trinajstić information content (AvgIpc) is 2.26. The summed E-state index contributed by atoms with van der Waals surface area (Å²) in [6.07, 6.45) is 1.66. The van der Waals surface area contributed by atoms with E-state index in [2.05, 4.69) is 0 Å². The summed E-state index contributed by atoms with van der Waals surface area (Å²) in [6, 6.07) is 7.33. The Labute approximate surface area is 95.5 Å². The maximum atomic E-state index is 9.45. The third-order valence-corrected chi connectivity index (χ3v) is 3.01. The first-order valence-electron chi connectivity index (χ1n) is 5.16. The van der Waals surface area contributed by atoms with Gasteiger partial charge in [-0.1, -0.05) is 37.1 Å². The van der Waals surface area contributed by atoms with Gasteiger partial charge in [-0.25, -0.2) is 0 Å². The second kappa shape index (κ2) is 5.50. The molecule has 1 rings (SSSR count). The maximum absolute atomic E-state index is 9.45. The fourth-order valence-electron chi connectivity index (χ4n) is 1.83. The van der Waals surface area contributed by atoms with Crippen molar-refractivity contribution < 1.29 is 10.2 Å². The first-order valence-corrected chi connectivity index (χ1v) is 5.54. The number of benzene rings is 1. The van der Waals surface area contributed by atoms with Gasteiger partial charge in [-0.05, 0) is 24.1 Å². The molecule has 0 unspecified atom stereocenters. The highest BCUT2D eigenvalue weighted by Gasteiger charge is 2.29. The van der Waals surface area contributed by atoms with Crippen molar-refractivity contribution in [2.24, 2.45) is 0 Å². The van der Waals surface area contributed by atoms with Gasteiger partial charge in [0, 0.05) is 10.4 Å². The van der Waals surface area contributed by atoms with Gasteiger partial charge < -0.3 is 10.2 Å². The minimum absolute atomic E-state index is 0.0579. The molecule has 0 aliphatic carbocycles. The summed E-state index contributed by atoms with van der Waals surface area (Å²) in [4.78, 5) is 0. The van der Waals surface area contributed by atoms with Crippen LogP contribution >= 0.6 is 11.6 Å². The quantitative estimate of drug-likeness (QED) is 0.813. The SMILES string of the molecule is CCCC(CO)(CO)c1cccc(Cl)c1. The largest absolute Gasteiger partial charge is 0.395 e. The van der Waals surface area contributed by atoms with Gasteiger partial charge in [-0.2, -0.15) is 0 Å². The second-order valence-electron chi connectivity index (χ2n) is 3.86. The van der Waals surface area contributed by atoms with Gasteiger partial charge in [0.05, 0.1) is 13.2 Å².